The van der Waals surface area contributed by atoms with Gasteiger partial charge in [0, 0.05) is 92.2 Å². The van der Waals surface area contributed by atoms with Gasteiger partial charge in [0.05, 0.1) is 72.5 Å². The Bertz CT molecular complexity index is 6520. The quantitative estimate of drug-likeness (QED) is 0.0152. The summed E-state index contributed by atoms with van der Waals surface area (Å²) in [6.45, 7) is 21.2. The Morgan fingerprint density at radius 2 is 0.746 bits per heavy atom. The Labute approximate surface area is 741 Å². The third-order valence-corrected chi connectivity index (χ3v) is 25.3. The Morgan fingerprint density at radius 1 is 0.484 bits per heavy atom. The number of alkyl halides is 6. The second kappa shape index (κ2) is 36.0. The number of methoxy groups -OCH3 is 2. The zero-order valence-electron chi connectivity index (χ0n) is 61.0. The lowest BCUT2D eigenvalue weighted by Gasteiger charge is -2.61. The van der Waals surface area contributed by atoms with Gasteiger partial charge in [0.1, 0.15) is 49.2 Å². The highest BCUT2D eigenvalue weighted by Gasteiger charge is 2.77. The smallest absolute Gasteiger partial charge is 0.369 e. The van der Waals surface area contributed by atoms with E-state index in [2.05, 4.69) is 86.5 Å². The zero-order chi connectivity index (χ0) is 89.1. The maximum absolute atomic E-state index is 13.2. The Kier molecular flexibility index (Phi) is 28.2. The minimum atomic E-state index is -4.19. The van der Waals surface area contributed by atoms with E-state index >= 15 is 0 Å². The van der Waals surface area contributed by atoms with Crippen LogP contribution in [0.15, 0.2) is 134 Å². The van der Waals surface area contributed by atoms with Crippen molar-refractivity contribution < 1.29 is 85.1 Å². The van der Waals surface area contributed by atoms with E-state index in [1.54, 1.807) is 15.0 Å². The van der Waals surface area contributed by atoms with Gasteiger partial charge in [-0.2, -0.15) is 29.3 Å². The summed E-state index contributed by atoms with van der Waals surface area (Å²) in [4.78, 5) is 85.6. The third kappa shape index (κ3) is 20.1. The van der Waals surface area contributed by atoms with Gasteiger partial charge in [0.15, 0.2) is 34.3 Å². The maximum atomic E-state index is 13.2. The number of nitrogens with two attached hydrogens (primary N) is 1. The summed E-state index contributed by atoms with van der Waals surface area (Å²) in [6.07, 6.45) is -4.36. The number of aromatic hydroxyl groups is 1. The molecule has 3 aromatic heterocycles. The van der Waals surface area contributed by atoms with Crippen molar-refractivity contribution in [3.63, 3.8) is 0 Å². The highest BCUT2D eigenvalue weighted by molar-refractivity contribution is 9.69. The minimum Gasteiger partial charge on any atom is -0.507 e. The lowest BCUT2D eigenvalue weighted by molar-refractivity contribution is -0.0332. The van der Waals surface area contributed by atoms with Gasteiger partial charge in [0.2, 0.25) is 36.7 Å². The molecule has 9 aliphatic carbocycles. The fourth-order valence-corrected chi connectivity index (χ4v) is 19.8. The summed E-state index contributed by atoms with van der Waals surface area (Å²) < 4.78 is 188. The van der Waals surface area contributed by atoms with Crippen LogP contribution in [0.1, 0.15) is 94.1 Å². The van der Waals surface area contributed by atoms with E-state index in [-0.39, 0.29) is 122 Å². The van der Waals surface area contributed by atoms with E-state index in [4.69, 9.17) is 129 Å². The fourth-order valence-electron chi connectivity index (χ4n) is 14.0. The van der Waals surface area contributed by atoms with Crippen molar-refractivity contribution in [2.75, 3.05) is 14.2 Å². The molecule has 54 heteroatoms. The molecule has 0 radical (unpaired) electrons. The van der Waals surface area contributed by atoms with Gasteiger partial charge in [-0.3, -0.25) is 34.0 Å². The molecule has 0 spiro atoms. The van der Waals surface area contributed by atoms with Crippen molar-refractivity contribution in [3.8, 4) is 68.8 Å². The van der Waals surface area contributed by atoms with E-state index < -0.39 is 132 Å². The maximum Gasteiger partial charge on any atom is 0.369 e. The van der Waals surface area contributed by atoms with Crippen LogP contribution in [0.3, 0.4) is 0 Å². The number of rotatable bonds is 21. The SMILES string of the molecule is BrB(Br)Br.COc1ccc(Oc2c(Cl)cc(-n3nc(C(F)F)c(=O)[nH]c3=O)cc2Cl)cc1S(=O)(=O)Cl.F.[C-]#[N+]C12CC(N)(C1)C2.[C-]#[N+]C12CC(NS(=O)(=O)c3cc(Oc4c(Cl)cc(-n5nc(C(F)F)c(=O)[nH]c5=O)cc4Cl)ccc3O)(C1)C2.[C-]#[N+]C12CC(NS(=O)(=O)c3cc(Oc4c(Cl)cc(-n5nc(C(F)F)c(=O)[nH]c5=O)cc4Cl)ccc3OC)(C1)C2. The normalized spacial score (nSPS) is 20.8. The predicted molar refractivity (Wildman–Crippen MR) is 441 cm³/mol. The van der Waals surface area contributed by atoms with Crippen molar-refractivity contribution in [3.05, 3.63) is 235 Å². The van der Waals surface area contributed by atoms with Crippen LogP contribution in [0, 0.1) is 19.7 Å². The molecule has 9 aromatic rings. The molecule has 3 heterocycles. The molecule has 8 N–H and O–H groups in total. The summed E-state index contributed by atoms with van der Waals surface area (Å²) in [7, 11) is -4.49. The lowest BCUT2D eigenvalue weighted by Crippen LogP contribution is -2.77. The van der Waals surface area contributed by atoms with Crippen molar-refractivity contribution in [1.29, 1.82) is 0 Å². The van der Waals surface area contributed by atoms with Crippen molar-refractivity contribution in [2.24, 2.45) is 5.73 Å². The first-order valence-corrected chi connectivity index (χ1v) is 43.9. The molecular weight excluding hydrogens is 2040 g/mol. The molecule has 18 rings (SSSR count). The average Bonchev–Trinajstić information content (AvgIpc) is 0.685. The van der Waals surface area contributed by atoms with E-state index in [1.165, 1.54) is 50.6 Å². The van der Waals surface area contributed by atoms with Gasteiger partial charge >= 0.3 is 20.3 Å². The van der Waals surface area contributed by atoms with Crippen LogP contribution in [0.4, 0.5) is 31.0 Å². The Hall–Kier alpha value is -8.81. The van der Waals surface area contributed by atoms with Gasteiger partial charge in [-0.1, -0.05) is 69.6 Å². The topological polar surface area (TPSA) is 435 Å². The summed E-state index contributed by atoms with van der Waals surface area (Å²) in [5, 5.41) is 19.2. The van der Waals surface area contributed by atoms with Gasteiger partial charge in [0.25, 0.3) is 45.0 Å². The lowest BCUT2D eigenvalue weighted by atomic mass is 9.45. The molecule has 0 aliphatic heterocycles. The van der Waals surface area contributed by atoms with Gasteiger partial charge < -0.3 is 49.1 Å². The number of aromatic nitrogens is 9. The van der Waals surface area contributed by atoms with Gasteiger partial charge in [-0.05, 0) is 72.8 Å². The van der Waals surface area contributed by atoms with Crippen molar-refractivity contribution in [1.82, 2.24) is 53.7 Å². The number of benzene rings is 6. The molecule has 0 amide bonds. The first kappa shape index (κ1) is 95.4. The highest BCUT2D eigenvalue weighted by Crippen LogP contribution is 2.65. The number of halogens is 17. The van der Waals surface area contributed by atoms with E-state index in [0.717, 1.165) is 73.9 Å². The Morgan fingerprint density at radius 3 is 1.01 bits per heavy atom. The molecule has 646 valence electrons. The molecule has 33 nitrogen and oxygen atoms in total. The second-order valence-corrected chi connectivity index (χ2v) is 42.5. The Balaban J connectivity index is 0.000000179. The molecule has 6 bridgehead atoms. The van der Waals surface area contributed by atoms with Crippen LogP contribution in [-0.4, -0.2) is 125 Å². The summed E-state index contributed by atoms with van der Waals surface area (Å²) >= 11 is 46.8. The van der Waals surface area contributed by atoms with Crippen LogP contribution in [-0.2, 0) is 29.1 Å². The molecule has 9 aliphatic rings. The average molecular weight is 2090 g/mol. The molecule has 0 saturated heterocycles. The molecule has 0 atom stereocenters. The third-order valence-electron chi connectivity index (χ3n) is 19.0. The van der Waals surface area contributed by atoms with E-state index in [9.17, 15) is 85.5 Å². The monoisotopic (exact) mass is 2090 g/mol. The molecule has 0 unspecified atom stereocenters. The molecule has 6 aromatic carbocycles. The minimum absolute atomic E-state index is 0. The number of hydrogen-bond acceptors (Lipinski definition) is 22. The second-order valence-electron chi connectivity index (χ2n) is 27.8. The number of sulfonamides is 2. The van der Waals surface area contributed by atoms with Gasteiger partial charge in [-0.15, -0.1) is 47.3 Å². The number of hydrogen-bond donors (Lipinski definition) is 7. The fraction of sp³-hybridized carbons (Fsp3) is 0.294. The highest BCUT2D eigenvalue weighted by atomic mass is 79.9. The number of H-pyrrole nitrogens is 3. The summed E-state index contributed by atoms with van der Waals surface area (Å²) in [5.74, 6) is -1.06. The molecule has 9 saturated carbocycles. The van der Waals surface area contributed by atoms with E-state index in [1.807, 2.05) is 0 Å². The van der Waals surface area contributed by atoms with Crippen LogP contribution >= 0.6 is 128 Å². The molecular formula is C68H51BBr3Cl7F7N15O18S3. The molecule has 9 fully saturated rings. The molecule has 122 heavy (non-hydrogen) atoms. The first-order valence-electron chi connectivity index (χ1n) is 33.6. The number of nitrogens with zero attached hydrogens (tertiary/aromatic N) is 9. The number of aromatic amines is 3. The zero-order valence-corrected chi connectivity index (χ0v) is 73.5. The number of phenols is 1. The van der Waals surface area contributed by atoms with Crippen LogP contribution in [0.2, 0.25) is 30.1 Å². The summed E-state index contributed by atoms with van der Waals surface area (Å²) in [6, 6.07) is 17.9. The standard InChI is InChI=1S/C23H17Cl2F2N5O6S.C22H15Cl2F2N5O6S.C17H10Cl3F2N3O6S.C6H8N2.BBr3.FH/c1-28-22-8-23(9-22,10-22)31-39(35,36)16-7-12(3-4-15(16)37-2)38-18-13(24)5-11(6-14(18)25)32-21(34)29-20(33)17(30-32)19(26)27;1-27-21-7-22(8-21,9-21)30-38(35,36)15-6-11(2-3-14(15)32)37-17-12(23)4-10(5-13(17)24)31-20(34)28-19(33)16(29-31)18(25)26;1-30-11-3-2-8(6-12(11)32(20,28)29)31-14-9(18)4-7(5-10(14)19)25-17(27)23-16(26)13(24-25)15(21)22;1-8-6-2-5(7,3-6)4-6;2-1(3)4;/h3-7,19,31H,8-10H2,2H3,(H,29,33,34);2-6,18,30,32H,7-9H2,(H,28,33,34);2-6,15H,1H3,(H,23,26,27);2-4,7H2;;1H. The summed E-state index contributed by atoms with van der Waals surface area (Å²) in [5.41, 5.74) is -7.82. The first-order chi connectivity index (χ1) is 56.4. The number of nitrogens with one attached hydrogen (secondary N) is 5. The van der Waals surface area contributed by atoms with Gasteiger partial charge in [-0.25, -0.2) is 95.1 Å². The van der Waals surface area contributed by atoms with Crippen LogP contribution in [0.5, 0.6) is 51.7 Å². The van der Waals surface area contributed by atoms with Crippen molar-refractivity contribution in [2.45, 2.75) is 125 Å². The number of phenolic OH excluding ortho intramolecular Hbond substituents is 1. The van der Waals surface area contributed by atoms with Crippen molar-refractivity contribution >= 4 is 160 Å². The van der Waals surface area contributed by atoms with Crippen LogP contribution < -0.4 is 72.6 Å². The predicted octanol–water partition coefficient (Wildman–Crippen LogP) is 14.1. The largest absolute Gasteiger partial charge is 0.507 e. The van der Waals surface area contributed by atoms with E-state index in [0.29, 0.717) is 52.6 Å². The van der Waals surface area contributed by atoms with Crippen LogP contribution in [0.25, 0.3) is 31.6 Å². The number of ether oxygens (including phenoxy) is 5.